The fourth-order valence-electron chi connectivity index (χ4n) is 4.13. The van der Waals surface area contributed by atoms with Gasteiger partial charge in [0.25, 0.3) is 11.6 Å². The number of amides is 1. The van der Waals surface area contributed by atoms with Crippen molar-refractivity contribution < 1.29 is 18.1 Å². The first-order valence-electron chi connectivity index (χ1n) is 10.4. The molecule has 2 aromatic carbocycles. The second kappa shape index (κ2) is 8.62. The number of sulfone groups is 1. The van der Waals surface area contributed by atoms with E-state index >= 15 is 0 Å². The highest BCUT2D eigenvalue weighted by molar-refractivity contribution is 7.90. The number of H-pyrrole nitrogens is 1. The number of aryl methyl sites for hydroxylation is 2. The maximum atomic E-state index is 12.8. The zero-order chi connectivity index (χ0) is 22.9. The van der Waals surface area contributed by atoms with Gasteiger partial charge in [-0.2, -0.15) is 0 Å². The van der Waals surface area contributed by atoms with Crippen LogP contribution in [-0.2, 0) is 22.7 Å². The monoisotopic (exact) mass is 456 g/mol. The van der Waals surface area contributed by atoms with E-state index in [2.05, 4.69) is 15.6 Å². The van der Waals surface area contributed by atoms with Gasteiger partial charge in [-0.3, -0.25) is 14.9 Å². The van der Waals surface area contributed by atoms with E-state index < -0.39 is 14.8 Å². The van der Waals surface area contributed by atoms with Crippen LogP contribution in [-0.4, -0.2) is 43.6 Å². The largest absolute Gasteiger partial charge is 0.378 e. The van der Waals surface area contributed by atoms with Crippen LogP contribution in [0.25, 0.3) is 10.9 Å². The van der Waals surface area contributed by atoms with Gasteiger partial charge in [-0.25, -0.2) is 8.42 Å². The van der Waals surface area contributed by atoms with E-state index in [4.69, 9.17) is 0 Å². The van der Waals surface area contributed by atoms with Crippen LogP contribution in [0.2, 0.25) is 0 Å². The average Bonchev–Trinajstić information content (AvgIpc) is 3.14. The number of nitro groups is 1. The van der Waals surface area contributed by atoms with Crippen molar-refractivity contribution in [1.29, 1.82) is 0 Å². The summed E-state index contributed by atoms with van der Waals surface area (Å²) in [5.41, 5.74) is 3.78. The first-order chi connectivity index (χ1) is 15.3. The Labute approximate surface area is 185 Å². The summed E-state index contributed by atoms with van der Waals surface area (Å²) < 4.78 is 23.3. The highest BCUT2D eigenvalue weighted by Crippen LogP contribution is 2.31. The van der Waals surface area contributed by atoms with Crippen LogP contribution in [0.4, 0.5) is 11.4 Å². The number of hydrogen-bond acceptors (Lipinski definition) is 6. The maximum absolute atomic E-state index is 12.8. The van der Waals surface area contributed by atoms with Crippen LogP contribution in [0.15, 0.2) is 41.3 Å². The molecule has 3 aromatic rings. The first-order valence-corrected chi connectivity index (χ1v) is 12.3. The summed E-state index contributed by atoms with van der Waals surface area (Å²) in [6, 6.07) is 9.40. The van der Waals surface area contributed by atoms with Crippen molar-refractivity contribution in [3.63, 3.8) is 0 Å². The number of nitro benzene ring substituents is 1. The van der Waals surface area contributed by atoms with Crippen molar-refractivity contribution in [2.75, 3.05) is 24.7 Å². The molecule has 0 saturated carbocycles. The molecule has 0 aliphatic heterocycles. The van der Waals surface area contributed by atoms with Crippen LogP contribution >= 0.6 is 0 Å². The molecule has 3 N–H and O–H groups in total. The molecule has 168 valence electrons. The summed E-state index contributed by atoms with van der Waals surface area (Å²) in [4.78, 5) is 26.8. The molecule has 0 bridgehead atoms. The van der Waals surface area contributed by atoms with Crippen LogP contribution in [0.5, 0.6) is 0 Å². The second-order valence-electron chi connectivity index (χ2n) is 7.91. The summed E-state index contributed by atoms with van der Waals surface area (Å²) >= 11 is 0. The third-order valence-electron chi connectivity index (χ3n) is 5.70. The van der Waals surface area contributed by atoms with Gasteiger partial charge in [-0.15, -0.1) is 0 Å². The molecule has 0 fully saturated rings. The Kier molecular flexibility index (Phi) is 5.88. The van der Waals surface area contributed by atoms with Crippen molar-refractivity contribution in [3.05, 3.63) is 63.3 Å². The maximum Gasteiger partial charge on any atom is 0.293 e. The summed E-state index contributed by atoms with van der Waals surface area (Å²) in [5, 5.41) is 18.2. The van der Waals surface area contributed by atoms with Crippen molar-refractivity contribution in [3.8, 4) is 0 Å². The number of aromatic nitrogens is 1. The van der Waals surface area contributed by atoms with Crippen LogP contribution in [0.3, 0.4) is 0 Å². The van der Waals surface area contributed by atoms with Gasteiger partial charge in [0, 0.05) is 36.5 Å². The molecule has 1 aliphatic rings. The highest BCUT2D eigenvalue weighted by atomic mass is 32.2. The van der Waals surface area contributed by atoms with E-state index in [0.29, 0.717) is 5.56 Å². The number of anilines is 1. The molecule has 10 heteroatoms. The van der Waals surface area contributed by atoms with Crippen molar-refractivity contribution in [1.82, 2.24) is 10.3 Å². The number of fused-ring (bicyclic) bond motifs is 3. The van der Waals surface area contributed by atoms with Gasteiger partial charge in [-0.1, -0.05) is 12.1 Å². The Bertz CT molecular complexity index is 1310. The first kappa shape index (κ1) is 21.8. The van der Waals surface area contributed by atoms with E-state index in [1.54, 1.807) is 6.07 Å². The number of hydrogen-bond donors (Lipinski definition) is 3. The molecule has 1 aromatic heterocycles. The van der Waals surface area contributed by atoms with Crippen LogP contribution in [0.1, 0.15) is 34.5 Å². The quantitative estimate of drug-likeness (QED) is 0.284. The van der Waals surface area contributed by atoms with Gasteiger partial charge in [-0.05, 0) is 49.4 Å². The predicted molar refractivity (Wildman–Crippen MR) is 122 cm³/mol. The average molecular weight is 457 g/mol. The Balaban J connectivity index is 1.43. The number of nitrogens with one attached hydrogen (secondary N) is 3. The van der Waals surface area contributed by atoms with Gasteiger partial charge in [0.2, 0.25) is 0 Å². The Morgan fingerprint density at radius 1 is 1.16 bits per heavy atom. The molecule has 1 amide bonds. The number of para-hydroxylation sites is 1. The van der Waals surface area contributed by atoms with Gasteiger partial charge in [0.05, 0.1) is 20.9 Å². The number of benzene rings is 2. The topological polar surface area (TPSA) is 134 Å². The lowest BCUT2D eigenvalue weighted by Crippen LogP contribution is -2.29. The standard InChI is InChI=1S/C22H24N4O5S/c1-32(30,31)14-9-10-19(20(13-14)26(28)29)23-11-12-24-22(27)17-7-4-6-16-15-5-2-3-8-18(15)25-21(16)17/h4,6-7,9-10,13,23,25H,2-3,5,8,11-12H2,1H3,(H,24,27). The summed E-state index contributed by atoms with van der Waals surface area (Å²) in [6.45, 7) is 0.475. The molecule has 9 nitrogen and oxygen atoms in total. The summed E-state index contributed by atoms with van der Waals surface area (Å²) in [7, 11) is -3.55. The molecule has 0 saturated heterocycles. The van der Waals surface area contributed by atoms with E-state index in [1.165, 1.54) is 23.4 Å². The molecule has 4 rings (SSSR count). The minimum Gasteiger partial charge on any atom is -0.378 e. The SMILES string of the molecule is CS(=O)(=O)c1ccc(NCCNC(=O)c2cccc3c4c([nH]c23)CCCC4)c([N+](=O)[O-])c1. The lowest BCUT2D eigenvalue weighted by atomic mass is 9.95. The number of aromatic amines is 1. The van der Waals surface area contributed by atoms with Crippen molar-refractivity contribution in [2.45, 2.75) is 30.6 Å². The third-order valence-corrected chi connectivity index (χ3v) is 6.81. The molecule has 0 atom stereocenters. The van der Waals surface area contributed by atoms with E-state index in [0.717, 1.165) is 48.9 Å². The van der Waals surface area contributed by atoms with Crippen molar-refractivity contribution >= 4 is 38.0 Å². The fraction of sp³-hybridized carbons (Fsp3) is 0.318. The fourth-order valence-corrected chi connectivity index (χ4v) is 4.77. The zero-order valence-electron chi connectivity index (χ0n) is 17.6. The minimum atomic E-state index is -3.55. The zero-order valence-corrected chi connectivity index (χ0v) is 18.4. The smallest absolute Gasteiger partial charge is 0.293 e. The van der Waals surface area contributed by atoms with E-state index in [9.17, 15) is 23.3 Å². The number of carbonyl (C=O) groups excluding carboxylic acids is 1. The van der Waals surface area contributed by atoms with Gasteiger partial charge < -0.3 is 15.6 Å². The van der Waals surface area contributed by atoms with Gasteiger partial charge in [0.15, 0.2) is 9.84 Å². The summed E-state index contributed by atoms with van der Waals surface area (Å²) in [6.07, 6.45) is 5.30. The lowest BCUT2D eigenvalue weighted by Gasteiger charge is -2.10. The number of nitrogens with zero attached hydrogens (tertiary/aromatic N) is 1. The molecular formula is C22H24N4O5S. The molecule has 0 spiro atoms. The Morgan fingerprint density at radius 2 is 1.94 bits per heavy atom. The minimum absolute atomic E-state index is 0.121. The van der Waals surface area contributed by atoms with Gasteiger partial charge >= 0.3 is 0 Å². The molecular weight excluding hydrogens is 432 g/mol. The van der Waals surface area contributed by atoms with Crippen LogP contribution < -0.4 is 10.6 Å². The van der Waals surface area contributed by atoms with E-state index in [-0.39, 0.29) is 35.3 Å². The second-order valence-corrected chi connectivity index (χ2v) is 9.92. The molecule has 0 unspecified atom stereocenters. The highest BCUT2D eigenvalue weighted by Gasteiger charge is 2.20. The number of rotatable bonds is 7. The summed E-state index contributed by atoms with van der Waals surface area (Å²) in [5.74, 6) is -0.224. The number of carbonyl (C=O) groups is 1. The lowest BCUT2D eigenvalue weighted by molar-refractivity contribution is -0.384. The Hall–Kier alpha value is -3.40. The molecule has 32 heavy (non-hydrogen) atoms. The Morgan fingerprint density at radius 3 is 2.69 bits per heavy atom. The molecule has 0 radical (unpaired) electrons. The predicted octanol–water partition coefficient (Wildman–Crippen LogP) is 3.20. The normalized spacial score (nSPS) is 13.5. The molecule has 1 aliphatic carbocycles. The van der Waals surface area contributed by atoms with Crippen molar-refractivity contribution in [2.24, 2.45) is 0 Å². The van der Waals surface area contributed by atoms with Crippen LogP contribution in [0, 0.1) is 10.1 Å². The third kappa shape index (κ3) is 4.31. The van der Waals surface area contributed by atoms with Gasteiger partial charge in [0.1, 0.15) is 5.69 Å². The molecule has 1 heterocycles. The van der Waals surface area contributed by atoms with E-state index in [1.807, 2.05) is 12.1 Å².